The van der Waals surface area contributed by atoms with E-state index in [2.05, 4.69) is 10.3 Å². The number of para-hydroxylation sites is 1. The van der Waals surface area contributed by atoms with Gasteiger partial charge in [0, 0.05) is 44.2 Å². The Bertz CT molecular complexity index is 756. The van der Waals surface area contributed by atoms with E-state index in [4.69, 9.17) is 4.74 Å². The molecule has 0 atom stereocenters. The third-order valence-corrected chi connectivity index (χ3v) is 4.57. The third kappa shape index (κ3) is 4.59. The van der Waals surface area contributed by atoms with Crippen molar-refractivity contribution in [2.45, 2.75) is 26.3 Å². The average molecular weight is 353 g/mol. The number of nitrogens with one attached hydrogen (secondary N) is 1. The standard InChI is InChI=1S/C20H23N3O3/c1-15(24)23-12-9-16(10-13-23)19(25)22-14-17-6-5-11-21-20(17)26-18-7-3-2-4-8-18/h2-8,11,16H,9-10,12-14H2,1H3,(H,22,25). The topological polar surface area (TPSA) is 71.5 Å². The first kappa shape index (κ1) is 17.9. The minimum atomic E-state index is -0.0548. The second-order valence-corrected chi connectivity index (χ2v) is 6.38. The lowest BCUT2D eigenvalue weighted by atomic mass is 9.96. The lowest BCUT2D eigenvalue weighted by Gasteiger charge is -2.30. The van der Waals surface area contributed by atoms with Gasteiger partial charge in [-0.25, -0.2) is 4.98 Å². The van der Waals surface area contributed by atoms with Crippen LogP contribution in [-0.4, -0.2) is 34.8 Å². The number of nitrogens with zero attached hydrogens (tertiary/aromatic N) is 2. The fraction of sp³-hybridized carbons (Fsp3) is 0.350. The zero-order chi connectivity index (χ0) is 18.4. The monoisotopic (exact) mass is 353 g/mol. The molecule has 6 nitrogen and oxygen atoms in total. The van der Waals surface area contributed by atoms with Crippen LogP contribution < -0.4 is 10.1 Å². The lowest BCUT2D eigenvalue weighted by Crippen LogP contribution is -2.42. The van der Waals surface area contributed by atoms with Crippen LogP contribution in [0.25, 0.3) is 0 Å². The SMILES string of the molecule is CC(=O)N1CCC(C(=O)NCc2cccnc2Oc2ccccc2)CC1. The van der Waals surface area contributed by atoms with Gasteiger partial charge in [0.25, 0.3) is 0 Å². The van der Waals surface area contributed by atoms with E-state index in [0.29, 0.717) is 44.1 Å². The summed E-state index contributed by atoms with van der Waals surface area (Å²) in [7, 11) is 0. The third-order valence-electron chi connectivity index (χ3n) is 4.57. The van der Waals surface area contributed by atoms with Gasteiger partial charge in [-0.15, -0.1) is 0 Å². The van der Waals surface area contributed by atoms with Gasteiger partial charge in [0.2, 0.25) is 17.7 Å². The Kier molecular flexibility index (Phi) is 5.84. The molecule has 1 aliphatic rings. The highest BCUT2D eigenvalue weighted by molar-refractivity contribution is 5.79. The number of carbonyl (C=O) groups excluding carboxylic acids is 2. The number of piperidine rings is 1. The fourth-order valence-corrected chi connectivity index (χ4v) is 3.03. The summed E-state index contributed by atoms with van der Waals surface area (Å²) in [6.07, 6.45) is 3.07. The van der Waals surface area contributed by atoms with Crippen LogP contribution in [0.15, 0.2) is 48.7 Å². The van der Waals surface area contributed by atoms with Gasteiger partial charge in [0.15, 0.2) is 0 Å². The summed E-state index contributed by atoms with van der Waals surface area (Å²) in [6, 6.07) is 13.2. The van der Waals surface area contributed by atoms with E-state index < -0.39 is 0 Å². The number of hydrogen-bond donors (Lipinski definition) is 1. The first-order valence-corrected chi connectivity index (χ1v) is 8.83. The smallest absolute Gasteiger partial charge is 0.224 e. The Balaban J connectivity index is 1.56. The molecule has 3 rings (SSSR count). The molecule has 1 N–H and O–H groups in total. The highest BCUT2D eigenvalue weighted by Crippen LogP contribution is 2.23. The summed E-state index contributed by atoms with van der Waals surface area (Å²) in [4.78, 5) is 29.9. The first-order valence-electron chi connectivity index (χ1n) is 8.83. The lowest BCUT2D eigenvalue weighted by molar-refractivity contribution is -0.134. The van der Waals surface area contributed by atoms with Crippen molar-refractivity contribution >= 4 is 11.8 Å². The number of likely N-dealkylation sites (tertiary alicyclic amines) is 1. The van der Waals surface area contributed by atoms with Crippen LogP contribution in [0, 0.1) is 5.92 Å². The van der Waals surface area contributed by atoms with Crippen LogP contribution in [0.4, 0.5) is 0 Å². The predicted octanol–water partition coefficient (Wildman–Crippen LogP) is 2.75. The summed E-state index contributed by atoms with van der Waals surface area (Å²) in [5, 5.41) is 2.98. The molecule has 0 bridgehead atoms. The van der Waals surface area contributed by atoms with Gasteiger partial charge in [-0.2, -0.15) is 0 Å². The normalized spacial score (nSPS) is 14.7. The van der Waals surface area contributed by atoms with E-state index in [-0.39, 0.29) is 17.7 Å². The number of pyridine rings is 1. The number of benzene rings is 1. The molecule has 1 aromatic heterocycles. The molecule has 0 radical (unpaired) electrons. The van der Waals surface area contributed by atoms with Crippen molar-refractivity contribution in [2.24, 2.45) is 5.92 Å². The van der Waals surface area contributed by atoms with E-state index >= 15 is 0 Å². The number of aromatic nitrogens is 1. The molecule has 0 spiro atoms. The quantitative estimate of drug-likeness (QED) is 0.897. The zero-order valence-corrected chi connectivity index (χ0v) is 14.9. The van der Waals surface area contributed by atoms with Gasteiger partial charge in [0.05, 0.1) is 0 Å². The Morgan fingerprint density at radius 3 is 2.58 bits per heavy atom. The minimum Gasteiger partial charge on any atom is -0.439 e. The fourth-order valence-electron chi connectivity index (χ4n) is 3.03. The number of carbonyl (C=O) groups is 2. The van der Waals surface area contributed by atoms with Crippen LogP contribution in [0.5, 0.6) is 11.6 Å². The second-order valence-electron chi connectivity index (χ2n) is 6.38. The Hall–Kier alpha value is -2.89. The van der Waals surface area contributed by atoms with Crippen LogP contribution >= 0.6 is 0 Å². The molecule has 0 saturated carbocycles. The molecule has 1 fully saturated rings. The van der Waals surface area contributed by atoms with Crippen molar-refractivity contribution in [3.63, 3.8) is 0 Å². The maximum Gasteiger partial charge on any atom is 0.224 e. The molecule has 1 saturated heterocycles. The van der Waals surface area contributed by atoms with Crippen molar-refractivity contribution in [1.29, 1.82) is 0 Å². The number of rotatable bonds is 5. The highest BCUT2D eigenvalue weighted by Gasteiger charge is 2.25. The molecule has 1 aromatic carbocycles. The summed E-state index contributed by atoms with van der Waals surface area (Å²) in [6.45, 7) is 3.21. The van der Waals surface area contributed by atoms with Gasteiger partial charge < -0.3 is 15.0 Å². The molecule has 6 heteroatoms. The van der Waals surface area contributed by atoms with Gasteiger partial charge in [-0.3, -0.25) is 9.59 Å². The number of amides is 2. The summed E-state index contributed by atoms with van der Waals surface area (Å²) in [5.41, 5.74) is 0.825. The molecular formula is C20H23N3O3. The highest BCUT2D eigenvalue weighted by atomic mass is 16.5. The molecular weight excluding hydrogens is 330 g/mol. The predicted molar refractivity (Wildman–Crippen MR) is 97.6 cm³/mol. The molecule has 0 aliphatic carbocycles. The van der Waals surface area contributed by atoms with Crippen molar-refractivity contribution < 1.29 is 14.3 Å². The average Bonchev–Trinajstić information content (AvgIpc) is 2.68. The van der Waals surface area contributed by atoms with E-state index in [1.807, 2.05) is 42.5 Å². The van der Waals surface area contributed by atoms with Crippen molar-refractivity contribution in [3.8, 4) is 11.6 Å². The largest absolute Gasteiger partial charge is 0.439 e. The van der Waals surface area contributed by atoms with Crippen LogP contribution in [0.2, 0.25) is 0 Å². The Morgan fingerprint density at radius 1 is 1.15 bits per heavy atom. The zero-order valence-electron chi connectivity index (χ0n) is 14.9. The summed E-state index contributed by atoms with van der Waals surface area (Å²) in [5.74, 6) is 1.23. The van der Waals surface area contributed by atoms with Gasteiger partial charge >= 0.3 is 0 Å². The van der Waals surface area contributed by atoms with Gasteiger partial charge in [0.1, 0.15) is 5.75 Å². The van der Waals surface area contributed by atoms with Crippen LogP contribution in [0.3, 0.4) is 0 Å². The molecule has 1 aliphatic heterocycles. The molecule has 0 unspecified atom stereocenters. The second kappa shape index (κ2) is 8.47. The van der Waals surface area contributed by atoms with Crippen molar-refractivity contribution in [1.82, 2.24) is 15.2 Å². The summed E-state index contributed by atoms with van der Waals surface area (Å²) < 4.78 is 5.82. The molecule has 2 amide bonds. The molecule has 136 valence electrons. The van der Waals surface area contributed by atoms with E-state index in [1.165, 1.54) is 0 Å². The Morgan fingerprint density at radius 2 is 1.88 bits per heavy atom. The minimum absolute atomic E-state index is 0.0164. The van der Waals surface area contributed by atoms with Crippen molar-refractivity contribution in [2.75, 3.05) is 13.1 Å². The van der Waals surface area contributed by atoms with Gasteiger partial charge in [-0.05, 0) is 31.0 Å². The molecule has 26 heavy (non-hydrogen) atoms. The van der Waals surface area contributed by atoms with E-state index in [0.717, 1.165) is 5.56 Å². The maximum atomic E-state index is 12.4. The molecule has 2 heterocycles. The summed E-state index contributed by atoms with van der Waals surface area (Å²) >= 11 is 0. The molecule has 2 aromatic rings. The van der Waals surface area contributed by atoms with E-state index in [9.17, 15) is 9.59 Å². The van der Waals surface area contributed by atoms with Crippen molar-refractivity contribution in [3.05, 3.63) is 54.2 Å². The number of ether oxygens (including phenoxy) is 1. The first-order chi connectivity index (χ1) is 12.6. The van der Waals surface area contributed by atoms with Gasteiger partial charge in [-0.1, -0.05) is 24.3 Å². The van der Waals surface area contributed by atoms with E-state index in [1.54, 1.807) is 18.0 Å². The number of hydrogen-bond acceptors (Lipinski definition) is 4. The van der Waals surface area contributed by atoms with Crippen LogP contribution in [-0.2, 0) is 16.1 Å². The Labute approximate surface area is 153 Å². The maximum absolute atomic E-state index is 12.4. The van der Waals surface area contributed by atoms with Crippen LogP contribution in [0.1, 0.15) is 25.3 Å².